The highest BCUT2D eigenvalue weighted by atomic mass is 79.9. The average molecular weight is 502 g/mol. The summed E-state index contributed by atoms with van der Waals surface area (Å²) in [5, 5.41) is 14.0. The van der Waals surface area contributed by atoms with Crippen LogP contribution in [0.3, 0.4) is 0 Å². The second-order valence-corrected chi connectivity index (χ2v) is 10.1. The zero-order chi connectivity index (χ0) is 22.8. The molecule has 0 bridgehead atoms. The third kappa shape index (κ3) is 4.73. The fourth-order valence-corrected chi connectivity index (χ4v) is 5.23. The first-order valence-corrected chi connectivity index (χ1v) is 12.2. The Morgan fingerprint density at radius 1 is 1.16 bits per heavy atom. The summed E-state index contributed by atoms with van der Waals surface area (Å²) in [6.45, 7) is 9.63. The molecule has 8 heteroatoms. The van der Waals surface area contributed by atoms with Gasteiger partial charge in [0.25, 0.3) is 0 Å². The van der Waals surface area contributed by atoms with Gasteiger partial charge in [-0.25, -0.2) is 9.97 Å². The zero-order valence-electron chi connectivity index (χ0n) is 18.9. The summed E-state index contributed by atoms with van der Waals surface area (Å²) in [5.74, 6) is 0.948. The van der Waals surface area contributed by atoms with Crippen molar-refractivity contribution in [2.24, 2.45) is 0 Å². The average Bonchev–Trinajstić information content (AvgIpc) is 3.08. The number of halogens is 1. The summed E-state index contributed by atoms with van der Waals surface area (Å²) in [7, 11) is 0. The van der Waals surface area contributed by atoms with Gasteiger partial charge in [-0.1, -0.05) is 35.0 Å². The second kappa shape index (κ2) is 9.95. The van der Waals surface area contributed by atoms with Gasteiger partial charge in [-0.15, -0.1) is 0 Å². The molecule has 1 aliphatic heterocycles. The van der Waals surface area contributed by atoms with Crippen molar-refractivity contribution in [3.63, 3.8) is 0 Å². The summed E-state index contributed by atoms with van der Waals surface area (Å²) in [6.07, 6.45) is 2.77. The topological polar surface area (TPSA) is 81.6 Å². The summed E-state index contributed by atoms with van der Waals surface area (Å²) < 4.78 is 1.00. The Kier molecular flexibility index (Phi) is 7.24. The van der Waals surface area contributed by atoms with Crippen LogP contribution in [0.4, 0.5) is 5.82 Å². The molecule has 1 fully saturated rings. The van der Waals surface area contributed by atoms with Gasteiger partial charge in [-0.2, -0.15) is 0 Å². The van der Waals surface area contributed by atoms with E-state index in [4.69, 9.17) is 0 Å². The lowest BCUT2D eigenvalue weighted by atomic mass is 9.95. The molecule has 1 saturated heterocycles. The van der Waals surface area contributed by atoms with E-state index in [0.29, 0.717) is 6.42 Å². The molecule has 0 saturated carbocycles. The number of benzene rings is 1. The van der Waals surface area contributed by atoms with Crippen molar-refractivity contribution in [2.45, 2.75) is 57.3 Å². The SMILES string of the molecule is CC(C)NC(C(C=O)c1ccc(Br)cc1)N1CCN(c2ncnc3c2[C@H](C)C[C@@H]3O)CC1. The van der Waals surface area contributed by atoms with E-state index in [-0.39, 0.29) is 24.0 Å². The quantitative estimate of drug-likeness (QED) is 0.563. The van der Waals surface area contributed by atoms with E-state index in [1.807, 2.05) is 24.3 Å². The number of aromatic nitrogens is 2. The van der Waals surface area contributed by atoms with E-state index in [2.05, 4.69) is 61.8 Å². The number of nitrogens with one attached hydrogen (secondary N) is 1. The van der Waals surface area contributed by atoms with Crippen molar-refractivity contribution in [1.82, 2.24) is 20.2 Å². The number of aliphatic hydroxyl groups is 1. The molecule has 4 atom stereocenters. The van der Waals surface area contributed by atoms with Gasteiger partial charge in [0.05, 0.1) is 23.9 Å². The number of hydrogen-bond donors (Lipinski definition) is 2. The number of hydrogen-bond acceptors (Lipinski definition) is 7. The van der Waals surface area contributed by atoms with Gasteiger partial charge in [-0.3, -0.25) is 10.2 Å². The van der Waals surface area contributed by atoms with Crippen LogP contribution in [0.2, 0.25) is 0 Å². The summed E-state index contributed by atoms with van der Waals surface area (Å²) in [6, 6.07) is 8.27. The zero-order valence-corrected chi connectivity index (χ0v) is 20.5. The first kappa shape index (κ1) is 23.3. The van der Waals surface area contributed by atoms with E-state index in [1.54, 1.807) is 6.33 Å². The van der Waals surface area contributed by atoms with Gasteiger partial charge >= 0.3 is 0 Å². The second-order valence-electron chi connectivity index (χ2n) is 9.15. The lowest BCUT2D eigenvalue weighted by Crippen LogP contribution is -2.58. The smallest absolute Gasteiger partial charge is 0.135 e. The van der Waals surface area contributed by atoms with Crippen molar-refractivity contribution >= 4 is 28.0 Å². The van der Waals surface area contributed by atoms with Crippen molar-refractivity contribution in [2.75, 3.05) is 31.1 Å². The third-order valence-corrected chi connectivity index (χ3v) is 7.06. The van der Waals surface area contributed by atoms with Crippen LogP contribution in [0.5, 0.6) is 0 Å². The Morgan fingerprint density at radius 3 is 2.47 bits per heavy atom. The molecule has 2 unspecified atom stereocenters. The van der Waals surface area contributed by atoms with Crippen LogP contribution in [0, 0.1) is 0 Å². The van der Waals surface area contributed by atoms with Crippen LogP contribution in [0.15, 0.2) is 35.1 Å². The molecule has 2 aliphatic rings. The number of carbonyl (C=O) groups excluding carboxylic acids is 1. The number of piperazine rings is 1. The number of nitrogens with zero attached hydrogens (tertiary/aromatic N) is 4. The normalized spacial score (nSPS) is 23.2. The van der Waals surface area contributed by atoms with Gasteiger partial charge in [-0.05, 0) is 43.9 Å². The highest BCUT2D eigenvalue weighted by molar-refractivity contribution is 9.10. The lowest BCUT2D eigenvalue weighted by molar-refractivity contribution is -0.111. The van der Waals surface area contributed by atoms with Crippen LogP contribution in [0.1, 0.15) is 62.0 Å². The molecule has 2 aromatic rings. The Bertz CT molecular complexity index is 930. The largest absolute Gasteiger partial charge is 0.387 e. The Hall–Kier alpha value is -1.87. The van der Waals surface area contributed by atoms with Crippen LogP contribution in [0.25, 0.3) is 0 Å². The molecule has 0 spiro atoms. The standard InChI is InChI=1S/C24H32BrN5O2/c1-15(2)28-23(19(13-31)17-4-6-18(25)7-5-17)29-8-10-30(11-9-29)24-21-16(3)12-20(32)22(21)26-14-27-24/h4-7,13-16,19-20,23,28,32H,8-12H2,1-3H3/t16-,19?,20+,23?/m1/s1. The van der Waals surface area contributed by atoms with Crippen LogP contribution in [-0.4, -0.2) is 64.6 Å². The van der Waals surface area contributed by atoms with Crippen LogP contribution < -0.4 is 10.2 Å². The Labute approximate surface area is 198 Å². The van der Waals surface area contributed by atoms with E-state index < -0.39 is 6.10 Å². The first-order valence-electron chi connectivity index (χ1n) is 11.4. The van der Waals surface area contributed by atoms with Gasteiger partial charge in [0.1, 0.15) is 18.4 Å². The van der Waals surface area contributed by atoms with E-state index in [9.17, 15) is 9.90 Å². The number of rotatable bonds is 7. The Morgan fingerprint density at radius 2 is 1.84 bits per heavy atom. The third-order valence-electron chi connectivity index (χ3n) is 6.53. The van der Waals surface area contributed by atoms with Gasteiger partial charge in [0.15, 0.2) is 0 Å². The summed E-state index contributed by atoms with van der Waals surface area (Å²) in [5.41, 5.74) is 2.88. The molecule has 1 aromatic heterocycles. The molecule has 32 heavy (non-hydrogen) atoms. The number of aliphatic hydroxyl groups excluding tert-OH is 1. The Balaban J connectivity index is 1.52. The first-order chi connectivity index (χ1) is 15.4. The van der Waals surface area contributed by atoms with E-state index in [1.165, 1.54) is 0 Å². The minimum atomic E-state index is -0.498. The monoisotopic (exact) mass is 501 g/mol. The number of anilines is 1. The molecule has 7 nitrogen and oxygen atoms in total. The maximum atomic E-state index is 12.2. The maximum Gasteiger partial charge on any atom is 0.135 e. The summed E-state index contributed by atoms with van der Waals surface area (Å²) >= 11 is 3.48. The molecule has 172 valence electrons. The molecule has 2 N–H and O–H groups in total. The maximum absolute atomic E-state index is 12.2. The molecule has 1 aliphatic carbocycles. The van der Waals surface area contributed by atoms with Gasteiger partial charge in [0, 0.05) is 42.3 Å². The molecular formula is C24H32BrN5O2. The number of fused-ring (bicyclic) bond motifs is 1. The molecular weight excluding hydrogens is 470 g/mol. The number of aldehydes is 1. The fraction of sp³-hybridized carbons (Fsp3) is 0.542. The summed E-state index contributed by atoms with van der Waals surface area (Å²) in [4.78, 5) is 25.8. The van der Waals surface area contributed by atoms with Crippen LogP contribution in [-0.2, 0) is 4.79 Å². The van der Waals surface area contributed by atoms with E-state index in [0.717, 1.165) is 59.6 Å². The minimum absolute atomic E-state index is 0.0762. The van der Waals surface area contributed by atoms with Gasteiger partial charge < -0.3 is 14.8 Å². The van der Waals surface area contributed by atoms with Crippen molar-refractivity contribution in [1.29, 1.82) is 0 Å². The predicted octanol–water partition coefficient (Wildman–Crippen LogP) is 3.21. The number of carbonyl (C=O) groups is 1. The van der Waals surface area contributed by atoms with Crippen molar-refractivity contribution in [3.8, 4) is 0 Å². The highest BCUT2D eigenvalue weighted by Gasteiger charge is 2.35. The lowest BCUT2D eigenvalue weighted by Gasteiger charge is -2.43. The molecule has 4 rings (SSSR count). The highest BCUT2D eigenvalue weighted by Crippen LogP contribution is 2.42. The predicted molar refractivity (Wildman–Crippen MR) is 129 cm³/mol. The molecule has 0 amide bonds. The minimum Gasteiger partial charge on any atom is -0.387 e. The molecule has 1 aromatic carbocycles. The van der Waals surface area contributed by atoms with Crippen molar-refractivity contribution in [3.05, 3.63) is 51.9 Å². The fourth-order valence-electron chi connectivity index (χ4n) is 4.96. The van der Waals surface area contributed by atoms with Gasteiger partial charge in [0.2, 0.25) is 0 Å². The van der Waals surface area contributed by atoms with Crippen molar-refractivity contribution < 1.29 is 9.90 Å². The molecule has 0 radical (unpaired) electrons. The van der Waals surface area contributed by atoms with Crippen LogP contribution >= 0.6 is 15.9 Å². The molecule has 2 heterocycles. The van der Waals surface area contributed by atoms with E-state index >= 15 is 0 Å².